The van der Waals surface area contributed by atoms with E-state index in [0.717, 1.165) is 27.7 Å². The first kappa shape index (κ1) is 18.4. The van der Waals surface area contributed by atoms with Crippen molar-refractivity contribution in [3.05, 3.63) is 42.5 Å². The number of H-pyrrole nitrogens is 1. The number of nitrogens with one attached hydrogen (secondary N) is 4. The minimum Gasteiger partial charge on any atom is -0.396 e. The van der Waals surface area contributed by atoms with E-state index in [2.05, 4.69) is 26.1 Å². The predicted octanol–water partition coefficient (Wildman–Crippen LogP) is 2.69. The predicted molar refractivity (Wildman–Crippen MR) is 105 cm³/mol. The summed E-state index contributed by atoms with van der Waals surface area (Å²) in [5, 5.41) is 24.7. The highest BCUT2D eigenvalue weighted by molar-refractivity contribution is 6.00. The minimum absolute atomic E-state index is 0.0253. The van der Waals surface area contributed by atoms with Crippen molar-refractivity contribution in [3.8, 4) is 11.1 Å². The van der Waals surface area contributed by atoms with Crippen molar-refractivity contribution in [2.45, 2.75) is 13.3 Å². The summed E-state index contributed by atoms with van der Waals surface area (Å²) < 4.78 is 0. The van der Waals surface area contributed by atoms with Crippen LogP contribution in [0.25, 0.3) is 22.0 Å². The summed E-state index contributed by atoms with van der Waals surface area (Å²) in [6.45, 7) is 1.88. The standard InChI is InChI=1S/C19H21N5O3/c1-12(26)21-15-5-2-4-13(10-15)14-6-7-16-17(11-14)23-24-18(16)22-19(27)20-8-3-9-25/h2,4-7,10-11,25H,3,8-9H2,1H3,(H,21,26)(H3,20,22,23,24,27). The number of aliphatic hydroxyl groups is 1. The fraction of sp³-hybridized carbons (Fsp3) is 0.211. The van der Waals surface area contributed by atoms with Crippen molar-refractivity contribution < 1.29 is 14.7 Å². The van der Waals surface area contributed by atoms with Crippen LogP contribution in [0, 0.1) is 0 Å². The molecular formula is C19H21N5O3. The number of hydrogen-bond donors (Lipinski definition) is 5. The molecule has 27 heavy (non-hydrogen) atoms. The van der Waals surface area contributed by atoms with Gasteiger partial charge in [0.15, 0.2) is 5.82 Å². The molecule has 8 nitrogen and oxygen atoms in total. The third kappa shape index (κ3) is 4.62. The van der Waals surface area contributed by atoms with Gasteiger partial charge < -0.3 is 15.7 Å². The van der Waals surface area contributed by atoms with Crippen LogP contribution in [-0.2, 0) is 4.79 Å². The molecule has 1 heterocycles. The number of amides is 3. The number of anilines is 2. The molecule has 0 saturated heterocycles. The van der Waals surface area contributed by atoms with E-state index in [9.17, 15) is 9.59 Å². The quantitative estimate of drug-likeness (QED) is 0.430. The Hall–Kier alpha value is -3.39. The first-order valence-electron chi connectivity index (χ1n) is 8.58. The number of carbonyl (C=O) groups excluding carboxylic acids is 2. The zero-order chi connectivity index (χ0) is 19.2. The smallest absolute Gasteiger partial charge is 0.320 e. The fourth-order valence-corrected chi connectivity index (χ4v) is 2.71. The Balaban J connectivity index is 1.79. The number of nitrogens with zero attached hydrogens (tertiary/aromatic N) is 1. The van der Waals surface area contributed by atoms with Crippen LogP contribution < -0.4 is 16.0 Å². The van der Waals surface area contributed by atoms with Crippen molar-refractivity contribution >= 4 is 34.3 Å². The van der Waals surface area contributed by atoms with Gasteiger partial charge in [-0.25, -0.2) is 4.79 Å². The lowest BCUT2D eigenvalue weighted by molar-refractivity contribution is -0.114. The summed E-state index contributed by atoms with van der Waals surface area (Å²) in [4.78, 5) is 23.1. The van der Waals surface area contributed by atoms with Crippen molar-refractivity contribution in [2.75, 3.05) is 23.8 Å². The van der Waals surface area contributed by atoms with Crippen molar-refractivity contribution in [1.82, 2.24) is 15.5 Å². The molecule has 0 spiro atoms. The monoisotopic (exact) mass is 367 g/mol. The number of urea groups is 1. The molecule has 0 aliphatic carbocycles. The zero-order valence-electron chi connectivity index (χ0n) is 14.9. The molecule has 140 valence electrons. The molecule has 0 saturated carbocycles. The lowest BCUT2D eigenvalue weighted by Gasteiger charge is -2.07. The van der Waals surface area contributed by atoms with E-state index < -0.39 is 0 Å². The molecule has 8 heteroatoms. The van der Waals surface area contributed by atoms with E-state index in [1.54, 1.807) is 0 Å². The van der Waals surface area contributed by atoms with Crippen LogP contribution >= 0.6 is 0 Å². The molecule has 3 amide bonds. The van der Waals surface area contributed by atoms with E-state index in [0.29, 0.717) is 18.8 Å². The van der Waals surface area contributed by atoms with Gasteiger partial charge in [-0.2, -0.15) is 5.10 Å². The number of aromatic nitrogens is 2. The van der Waals surface area contributed by atoms with Gasteiger partial charge >= 0.3 is 6.03 Å². The maximum absolute atomic E-state index is 11.9. The molecule has 0 aliphatic heterocycles. The average Bonchev–Trinajstić information content (AvgIpc) is 3.03. The maximum atomic E-state index is 11.9. The van der Waals surface area contributed by atoms with Crippen LogP contribution in [0.4, 0.5) is 16.3 Å². The second-order valence-electron chi connectivity index (χ2n) is 6.05. The van der Waals surface area contributed by atoms with Crippen LogP contribution in [0.1, 0.15) is 13.3 Å². The normalized spacial score (nSPS) is 10.6. The highest BCUT2D eigenvalue weighted by atomic mass is 16.3. The van der Waals surface area contributed by atoms with Gasteiger partial charge in [0, 0.05) is 31.1 Å². The summed E-state index contributed by atoms with van der Waals surface area (Å²) in [6, 6.07) is 12.9. The average molecular weight is 367 g/mol. The van der Waals surface area contributed by atoms with Crippen molar-refractivity contribution in [2.24, 2.45) is 0 Å². The minimum atomic E-state index is -0.371. The molecule has 0 unspecified atom stereocenters. The second-order valence-corrected chi connectivity index (χ2v) is 6.05. The lowest BCUT2D eigenvalue weighted by Crippen LogP contribution is -2.30. The summed E-state index contributed by atoms with van der Waals surface area (Å²) >= 11 is 0. The molecule has 3 rings (SSSR count). The number of carbonyl (C=O) groups is 2. The molecule has 2 aromatic carbocycles. The van der Waals surface area contributed by atoms with Crippen LogP contribution in [0.2, 0.25) is 0 Å². The van der Waals surface area contributed by atoms with Gasteiger partial charge in [0.2, 0.25) is 5.91 Å². The Morgan fingerprint density at radius 1 is 1.11 bits per heavy atom. The highest BCUT2D eigenvalue weighted by Gasteiger charge is 2.10. The van der Waals surface area contributed by atoms with Gasteiger partial charge in [0.1, 0.15) is 0 Å². The molecule has 0 fully saturated rings. The van der Waals surface area contributed by atoms with E-state index in [-0.39, 0.29) is 18.5 Å². The molecule has 0 radical (unpaired) electrons. The third-order valence-corrected chi connectivity index (χ3v) is 3.93. The number of benzene rings is 2. The molecule has 3 aromatic rings. The maximum Gasteiger partial charge on any atom is 0.320 e. The van der Waals surface area contributed by atoms with Crippen molar-refractivity contribution in [1.29, 1.82) is 0 Å². The van der Waals surface area contributed by atoms with Gasteiger partial charge in [0.25, 0.3) is 0 Å². The Morgan fingerprint density at radius 2 is 1.93 bits per heavy atom. The van der Waals surface area contributed by atoms with Crippen molar-refractivity contribution in [3.63, 3.8) is 0 Å². The molecule has 5 N–H and O–H groups in total. The largest absolute Gasteiger partial charge is 0.396 e. The molecule has 0 atom stereocenters. The Labute approximate surface area is 156 Å². The van der Waals surface area contributed by atoms with Crippen LogP contribution in [-0.4, -0.2) is 40.4 Å². The van der Waals surface area contributed by atoms with E-state index in [1.165, 1.54) is 6.92 Å². The topological polar surface area (TPSA) is 119 Å². The van der Waals surface area contributed by atoms with Gasteiger partial charge in [0.05, 0.1) is 5.52 Å². The van der Waals surface area contributed by atoms with Crippen LogP contribution in [0.3, 0.4) is 0 Å². The first-order chi connectivity index (χ1) is 13.1. The molecule has 0 aliphatic rings. The van der Waals surface area contributed by atoms with Gasteiger partial charge in [-0.3, -0.25) is 15.2 Å². The summed E-state index contributed by atoms with van der Waals surface area (Å²) in [7, 11) is 0. The highest BCUT2D eigenvalue weighted by Crippen LogP contribution is 2.28. The van der Waals surface area contributed by atoms with Gasteiger partial charge in [-0.15, -0.1) is 0 Å². The lowest BCUT2D eigenvalue weighted by atomic mass is 10.0. The van der Waals surface area contributed by atoms with Crippen LogP contribution in [0.15, 0.2) is 42.5 Å². The number of hydrogen-bond acceptors (Lipinski definition) is 4. The fourth-order valence-electron chi connectivity index (χ4n) is 2.71. The van der Waals surface area contributed by atoms with E-state index >= 15 is 0 Å². The Morgan fingerprint density at radius 3 is 2.70 bits per heavy atom. The SMILES string of the molecule is CC(=O)Nc1cccc(-c2ccc3c(NC(=O)NCCCO)n[nH]c3c2)c1. The van der Waals surface area contributed by atoms with Crippen LogP contribution in [0.5, 0.6) is 0 Å². The first-order valence-corrected chi connectivity index (χ1v) is 8.58. The summed E-state index contributed by atoms with van der Waals surface area (Å²) in [5.74, 6) is 0.314. The molecule has 1 aromatic heterocycles. The van der Waals surface area contributed by atoms with E-state index in [4.69, 9.17) is 5.11 Å². The molecule has 0 bridgehead atoms. The van der Waals surface area contributed by atoms with E-state index in [1.807, 2.05) is 42.5 Å². The Kier molecular flexibility index (Phi) is 5.68. The number of fused-ring (bicyclic) bond motifs is 1. The van der Waals surface area contributed by atoms with Gasteiger partial charge in [-0.05, 0) is 41.8 Å². The zero-order valence-corrected chi connectivity index (χ0v) is 14.9. The molecular weight excluding hydrogens is 346 g/mol. The number of rotatable bonds is 6. The Bertz CT molecular complexity index is 967. The third-order valence-electron chi connectivity index (χ3n) is 3.93. The summed E-state index contributed by atoms with van der Waals surface area (Å²) in [6.07, 6.45) is 0.496. The number of aromatic amines is 1. The summed E-state index contributed by atoms with van der Waals surface area (Å²) in [5.41, 5.74) is 3.42. The second kappa shape index (κ2) is 8.33. The van der Waals surface area contributed by atoms with Gasteiger partial charge in [-0.1, -0.05) is 18.2 Å². The number of aliphatic hydroxyl groups excluding tert-OH is 1.